The van der Waals surface area contributed by atoms with E-state index < -0.39 is 5.97 Å². The van der Waals surface area contributed by atoms with Crippen LogP contribution in [0.2, 0.25) is 0 Å². The van der Waals surface area contributed by atoms with Crippen molar-refractivity contribution in [1.82, 2.24) is 0 Å². The van der Waals surface area contributed by atoms with E-state index >= 15 is 0 Å². The summed E-state index contributed by atoms with van der Waals surface area (Å²) in [7, 11) is 0. The van der Waals surface area contributed by atoms with E-state index in [4.69, 9.17) is 9.84 Å². The zero-order valence-corrected chi connectivity index (χ0v) is 8.86. The third-order valence-corrected chi connectivity index (χ3v) is 2.10. The average Bonchev–Trinajstić information content (AvgIpc) is 2.25. The smallest absolute Gasteiger partial charge is 0.343 e. The van der Waals surface area contributed by atoms with E-state index in [0.717, 1.165) is 5.56 Å². The van der Waals surface area contributed by atoms with Gasteiger partial charge in [-0.2, -0.15) is 0 Å². The highest BCUT2D eigenvalue weighted by Gasteiger charge is 2.12. The third-order valence-electron chi connectivity index (χ3n) is 2.10. The molecule has 0 atom stereocenters. The van der Waals surface area contributed by atoms with Gasteiger partial charge in [-0.25, -0.2) is 4.79 Å². The van der Waals surface area contributed by atoms with Gasteiger partial charge in [-0.15, -0.1) is 0 Å². The number of aryl methyl sites for hydroxylation is 1. The van der Waals surface area contributed by atoms with Crippen LogP contribution >= 0.6 is 0 Å². The Labute approximate surface area is 89.0 Å². The molecule has 1 rings (SSSR count). The number of aliphatic hydroxyl groups excluding tert-OH is 1. The van der Waals surface area contributed by atoms with Crippen LogP contribution < -0.4 is 0 Å². The predicted octanol–water partition coefficient (Wildman–Crippen LogP) is 2.18. The molecule has 0 aliphatic heterocycles. The SMILES string of the molecule is C/C=C/OC(=O)c1cccc(C)c1CO. The maximum atomic E-state index is 11.6. The number of carbonyl (C=O) groups excluding carboxylic acids is 1. The Morgan fingerprint density at radius 3 is 2.87 bits per heavy atom. The number of hydrogen-bond donors (Lipinski definition) is 1. The number of rotatable bonds is 3. The number of esters is 1. The summed E-state index contributed by atoms with van der Waals surface area (Å²) in [6.07, 6.45) is 2.96. The number of benzene rings is 1. The second-order valence-electron chi connectivity index (χ2n) is 3.13. The van der Waals surface area contributed by atoms with E-state index in [-0.39, 0.29) is 6.61 Å². The molecule has 1 aromatic rings. The summed E-state index contributed by atoms with van der Waals surface area (Å²) in [4.78, 5) is 11.6. The first-order valence-electron chi connectivity index (χ1n) is 4.72. The number of hydrogen-bond acceptors (Lipinski definition) is 3. The number of allylic oxidation sites excluding steroid dienone is 1. The molecule has 0 fully saturated rings. The summed E-state index contributed by atoms with van der Waals surface area (Å²) in [5.74, 6) is -0.444. The molecule has 1 N–H and O–H groups in total. The summed E-state index contributed by atoms with van der Waals surface area (Å²) in [6, 6.07) is 5.25. The van der Waals surface area contributed by atoms with Crippen molar-refractivity contribution < 1.29 is 14.6 Å². The maximum Gasteiger partial charge on any atom is 0.343 e. The van der Waals surface area contributed by atoms with Gasteiger partial charge in [-0.3, -0.25) is 0 Å². The van der Waals surface area contributed by atoms with Crippen LogP contribution in [-0.4, -0.2) is 11.1 Å². The molecule has 0 aliphatic rings. The number of ether oxygens (including phenoxy) is 1. The van der Waals surface area contributed by atoms with Crippen molar-refractivity contribution in [2.24, 2.45) is 0 Å². The Hall–Kier alpha value is -1.61. The topological polar surface area (TPSA) is 46.5 Å². The summed E-state index contributed by atoms with van der Waals surface area (Å²) >= 11 is 0. The minimum absolute atomic E-state index is 0.160. The van der Waals surface area contributed by atoms with Crippen molar-refractivity contribution in [3.8, 4) is 0 Å². The summed E-state index contributed by atoms with van der Waals surface area (Å²) in [6.45, 7) is 3.45. The first kappa shape index (κ1) is 11.5. The minimum atomic E-state index is -0.444. The van der Waals surface area contributed by atoms with Crippen molar-refractivity contribution in [2.75, 3.05) is 0 Å². The van der Waals surface area contributed by atoms with E-state index in [1.807, 2.05) is 13.0 Å². The standard InChI is InChI=1S/C12H14O3/c1-3-7-15-12(14)10-6-4-5-9(2)11(10)8-13/h3-7,13H,8H2,1-2H3/b7-3+. The van der Waals surface area contributed by atoms with Gasteiger partial charge in [-0.05, 0) is 31.0 Å². The first-order chi connectivity index (χ1) is 7.20. The lowest BCUT2D eigenvalue weighted by Gasteiger charge is -2.07. The molecule has 0 amide bonds. The van der Waals surface area contributed by atoms with Gasteiger partial charge in [-0.1, -0.05) is 18.2 Å². The molecule has 80 valence electrons. The van der Waals surface area contributed by atoms with Crippen molar-refractivity contribution >= 4 is 5.97 Å². The summed E-state index contributed by atoms with van der Waals surface area (Å²) in [5.41, 5.74) is 1.91. The molecule has 0 bridgehead atoms. The Kier molecular flexibility index (Phi) is 4.06. The Bertz CT molecular complexity index is 380. The Morgan fingerprint density at radius 2 is 2.27 bits per heavy atom. The van der Waals surface area contributed by atoms with Crippen molar-refractivity contribution in [3.63, 3.8) is 0 Å². The van der Waals surface area contributed by atoms with E-state index in [9.17, 15) is 4.79 Å². The highest BCUT2D eigenvalue weighted by molar-refractivity contribution is 5.91. The van der Waals surface area contributed by atoms with Crippen LogP contribution in [0.5, 0.6) is 0 Å². The van der Waals surface area contributed by atoms with Gasteiger partial charge in [0.2, 0.25) is 0 Å². The lowest BCUT2D eigenvalue weighted by Crippen LogP contribution is -2.06. The van der Waals surface area contributed by atoms with Crippen LogP contribution in [0.3, 0.4) is 0 Å². The molecule has 0 aliphatic carbocycles. The van der Waals surface area contributed by atoms with Crippen LogP contribution in [0.25, 0.3) is 0 Å². The van der Waals surface area contributed by atoms with E-state index in [1.54, 1.807) is 25.1 Å². The average molecular weight is 206 g/mol. The monoisotopic (exact) mass is 206 g/mol. The molecule has 0 aromatic heterocycles. The molecule has 0 saturated carbocycles. The maximum absolute atomic E-state index is 11.6. The van der Waals surface area contributed by atoms with E-state index in [2.05, 4.69) is 0 Å². The second-order valence-corrected chi connectivity index (χ2v) is 3.13. The van der Waals surface area contributed by atoms with Crippen LogP contribution in [0.1, 0.15) is 28.4 Å². The lowest BCUT2D eigenvalue weighted by molar-refractivity contribution is 0.0659. The van der Waals surface area contributed by atoms with Gasteiger partial charge >= 0.3 is 5.97 Å². The molecule has 0 unspecified atom stereocenters. The van der Waals surface area contributed by atoms with Gasteiger partial charge in [0.25, 0.3) is 0 Å². The lowest BCUT2D eigenvalue weighted by atomic mass is 10.0. The summed E-state index contributed by atoms with van der Waals surface area (Å²) in [5, 5.41) is 9.15. The van der Waals surface area contributed by atoms with Crippen LogP contribution in [0, 0.1) is 6.92 Å². The number of aliphatic hydroxyl groups is 1. The quantitative estimate of drug-likeness (QED) is 0.609. The van der Waals surface area contributed by atoms with Crippen LogP contribution in [0.15, 0.2) is 30.5 Å². The Balaban J connectivity index is 3.02. The highest BCUT2D eigenvalue weighted by Crippen LogP contribution is 2.15. The molecule has 0 heterocycles. The van der Waals surface area contributed by atoms with E-state index in [1.165, 1.54) is 6.26 Å². The summed E-state index contributed by atoms with van der Waals surface area (Å²) < 4.78 is 4.84. The second kappa shape index (κ2) is 5.32. The molecule has 0 saturated heterocycles. The first-order valence-corrected chi connectivity index (χ1v) is 4.72. The largest absolute Gasteiger partial charge is 0.431 e. The molecule has 1 aromatic carbocycles. The third kappa shape index (κ3) is 2.67. The van der Waals surface area contributed by atoms with Gasteiger partial charge in [0.05, 0.1) is 18.4 Å². The highest BCUT2D eigenvalue weighted by atomic mass is 16.5. The minimum Gasteiger partial charge on any atom is -0.431 e. The fraction of sp³-hybridized carbons (Fsp3) is 0.250. The molecule has 15 heavy (non-hydrogen) atoms. The number of carbonyl (C=O) groups is 1. The van der Waals surface area contributed by atoms with Crippen molar-refractivity contribution in [2.45, 2.75) is 20.5 Å². The molecule has 0 spiro atoms. The van der Waals surface area contributed by atoms with Crippen molar-refractivity contribution in [3.05, 3.63) is 47.2 Å². The molecule has 3 heteroatoms. The predicted molar refractivity (Wildman–Crippen MR) is 57.3 cm³/mol. The normalized spacial score (nSPS) is 10.6. The van der Waals surface area contributed by atoms with Gasteiger partial charge < -0.3 is 9.84 Å². The zero-order chi connectivity index (χ0) is 11.3. The molecule has 0 radical (unpaired) electrons. The van der Waals surface area contributed by atoms with Crippen molar-refractivity contribution in [1.29, 1.82) is 0 Å². The molecular formula is C12H14O3. The van der Waals surface area contributed by atoms with Gasteiger partial charge in [0, 0.05) is 0 Å². The fourth-order valence-electron chi connectivity index (χ4n) is 1.30. The van der Waals surface area contributed by atoms with Gasteiger partial charge in [0.15, 0.2) is 0 Å². The van der Waals surface area contributed by atoms with E-state index in [0.29, 0.717) is 11.1 Å². The molecular weight excluding hydrogens is 192 g/mol. The Morgan fingerprint density at radius 1 is 1.53 bits per heavy atom. The van der Waals surface area contributed by atoms with Gasteiger partial charge in [0.1, 0.15) is 0 Å². The van der Waals surface area contributed by atoms with Crippen LogP contribution in [-0.2, 0) is 11.3 Å². The van der Waals surface area contributed by atoms with Crippen LogP contribution in [0.4, 0.5) is 0 Å². The zero-order valence-electron chi connectivity index (χ0n) is 8.86. The molecule has 3 nitrogen and oxygen atoms in total. The fourth-order valence-corrected chi connectivity index (χ4v) is 1.30.